The number of amides is 2. The number of hydrogen-bond donors (Lipinski definition) is 0. The minimum Gasteiger partial charge on any atom is -0.494 e. The Morgan fingerprint density at radius 1 is 0.867 bits per heavy atom. The Morgan fingerprint density at radius 3 is 2.30 bits per heavy atom. The highest BCUT2D eigenvalue weighted by Gasteiger charge is 2.35. The molecular weight excluding hydrogens is 374 g/mol. The van der Waals surface area contributed by atoms with Gasteiger partial charge in [-0.2, -0.15) is 0 Å². The molecule has 1 aliphatic heterocycles. The molecule has 1 heterocycles. The highest BCUT2D eigenvalue weighted by Crippen LogP contribution is 2.33. The second kappa shape index (κ2) is 8.37. The molecule has 0 unspecified atom stereocenters. The molecule has 3 aromatic carbocycles. The van der Waals surface area contributed by atoms with Gasteiger partial charge in [-0.3, -0.25) is 9.59 Å². The smallest absolute Gasteiger partial charge is 0.265 e. The topological polar surface area (TPSA) is 46.6 Å². The molecule has 3 aromatic rings. The van der Waals surface area contributed by atoms with Crippen molar-refractivity contribution in [3.63, 3.8) is 0 Å². The van der Waals surface area contributed by atoms with Gasteiger partial charge < -0.3 is 4.74 Å². The van der Waals surface area contributed by atoms with E-state index in [1.807, 2.05) is 73.7 Å². The number of aryl methyl sites for hydroxylation is 1. The van der Waals surface area contributed by atoms with Crippen molar-refractivity contribution in [3.05, 3.63) is 95.1 Å². The summed E-state index contributed by atoms with van der Waals surface area (Å²) in [4.78, 5) is 27.8. The third-order valence-corrected chi connectivity index (χ3v) is 5.01. The molecule has 0 saturated heterocycles. The van der Waals surface area contributed by atoms with Crippen LogP contribution in [0, 0.1) is 6.92 Å². The number of hydrogen-bond acceptors (Lipinski definition) is 3. The van der Waals surface area contributed by atoms with E-state index in [1.54, 1.807) is 12.1 Å². The number of imide groups is 1. The van der Waals surface area contributed by atoms with Crippen LogP contribution >= 0.6 is 0 Å². The van der Waals surface area contributed by atoms with E-state index in [0.717, 1.165) is 23.3 Å². The van der Waals surface area contributed by atoms with Crippen molar-refractivity contribution >= 4 is 29.2 Å². The van der Waals surface area contributed by atoms with E-state index in [-0.39, 0.29) is 11.8 Å². The summed E-state index contributed by atoms with van der Waals surface area (Å²) >= 11 is 0. The largest absolute Gasteiger partial charge is 0.494 e. The van der Waals surface area contributed by atoms with Gasteiger partial charge in [-0.25, -0.2) is 4.90 Å². The summed E-state index contributed by atoms with van der Waals surface area (Å²) in [5.41, 5.74) is 4.11. The molecule has 0 N–H and O–H groups in total. The lowest BCUT2D eigenvalue weighted by Gasteiger charge is -2.29. The number of benzene rings is 3. The van der Waals surface area contributed by atoms with Gasteiger partial charge in [0.05, 0.1) is 12.3 Å². The fraction of sp³-hybridized carbons (Fsp3) is 0.154. The average Bonchev–Trinajstić information content (AvgIpc) is 2.76. The van der Waals surface area contributed by atoms with Crippen molar-refractivity contribution in [2.45, 2.75) is 20.3 Å². The molecule has 0 spiro atoms. The van der Waals surface area contributed by atoms with E-state index in [4.69, 9.17) is 4.74 Å². The molecule has 0 fully saturated rings. The molecule has 0 radical (unpaired) electrons. The van der Waals surface area contributed by atoms with Crippen LogP contribution in [0.3, 0.4) is 0 Å². The first-order chi connectivity index (χ1) is 14.6. The lowest BCUT2D eigenvalue weighted by molar-refractivity contribution is -0.112. The second-order valence-corrected chi connectivity index (χ2v) is 7.31. The van der Waals surface area contributed by atoms with Gasteiger partial charge in [0.2, 0.25) is 0 Å². The molecule has 0 aliphatic carbocycles. The van der Waals surface area contributed by atoms with Gasteiger partial charge in [0, 0.05) is 11.1 Å². The average molecular weight is 397 g/mol. The predicted molar refractivity (Wildman–Crippen MR) is 120 cm³/mol. The Labute approximate surface area is 176 Å². The monoisotopic (exact) mass is 397 g/mol. The zero-order valence-electron chi connectivity index (χ0n) is 17.1. The maximum absolute atomic E-state index is 13.4. The van der Waals surface area contributed by atoms with E-state index in [0.29, 0.717) is 29.0 Å². The Kier molecular flexibility index (Phi) is 5.48. The van der Waals surface area contributed by atoms with Gasteiger partial charge in [-0.15, -0.1) is 0 Å². The fourth-order valence-corrected chi connectivity index (χ4v) is 3.54. The summed E-state index contributed by atoms with van der Waals surface area (Å²) in [5, 5.41) is 0. The van der Waals surface area contributed by atoms with Gasteiger partial charge in [0.25, 0.3) is 11.8 Å². The Hall–Kier alpha value is -3.66. The summed E-state index contributed by atoms with van der Waals surface area (Å²) in [6, 6.07) is 22.3. The first-order valence-corrected chi connectivity index (χ1v) is 10.1. The molecule has 30 heavy (non-hydrogen) atoms. The zero-order valence-corrected chi connectivity index (χ0v) is 17.1. The number of rotatable bonds is 5. The Balaban J connectivity index is 1.78. The normalized spacial score (nSPS) is 14.7. The molecule has 2 amide bonds. The van der Waals surface area contributed by atoms with Crippen LogP contribution < -0.4 is 9.64 Å². The quantitative estimate of drug-likeness (QED) is 0.421. The maximum Gasteiger partial charge on any atom is 0.265 e. The van der Waals surface area contributed by atoms with Crippen LogP contribution in [-0.2, 0) is 4.79 Å². The number of nitrogens with zero attached hydrogens (tertiary/aromatic N) is 1. The molecular formula is C26H23NO3. The summed E-state index contributed by atoms with van der Waals surface area (Å²) in [6.45, 7) is 4.67. The molecule has 150 valence electrons. The lowest BCUT2D eigenvalue weighted by Crippen LogP contribution is -2.41. The van der Waals surface area contributed by atoms with Crippen LogP contribution in [0.4, 0.5) is 5.69 Å². The van der Waals surface area contributed by atoms with Gasteiger partial charge in [-0.1, -0.05) is 49.4 Å². The number of carbonyl (C=O) groups is 2. The zero-order chi connectivity index (χ0) is 21.1. The van der Waals surface area contributed by atoms with E-state index in [1.165, 1.54) is 4.90 Å². The number of carbonyl (C=O) groups excluding carboxylic acids is 2. The molecule has 0 aromatic heterocycles. The third kappa shape index (κ3) is 3.77. The highest BCUT2D eigenvalue weighted by atomic mass is 16.5. The number of fused-ring (bicyclic) bond motifs is 1. The van der Waals surface area contributed by atoms with Gasteiger partial charge in [0.15, 0.2) is 0 Å². The van der Waals surface area contributed by atoms with Crippen molar-refractivity contribution in [1.82, 2.24) is 0 Å². The van der Waals surface area contributed by atoms with E-state index in [2.05, 4.69) is 6.92 Å². The Morgan fingerprint density at radius 2 is 1.60 bits per heavy atom. The third-order valence-electron chi connectivity index (χ3n) is 5.01. The van der Waals surface area contributed by atoms with Crippen molar-refractivity contribution in [2.75, 3.05) is 11.5 Å². The summed E-state index contributed by atoms with van der Waals surface area (Å²) in [6.07, 6.45) is 2.78. The van der Waals surface area contributed by atoms with Gasteiger partial charge in [0.1, 0.15) is 5.75 Å². The molecule has 4 heteroatoms. The van der Waals surface area contributed by atoms with Crippen LogP contribution in [0.2, 0.25) is 0 Å². The van der Waals surface area contributed by atoms with Crippen molar-refractivity contribution in [2.24, 2.45) is 0 Å². The molecule has 0 saturated carbocycles. The highest BCUT2D eigenvalue weighted by molar-refractivity contribution is 6.43. The maximum atomic E-state index is 13.4. The van der Waals surface area contributed by atoms with Crippen molar-refractivity contribution < 1.29 is 14.3 Å². The first-order valence-electron chi connectivity index (χ1n) is 10.1. The SMILES string of the molecule is CCCOc1ccc(C=C2C(=O)N(c3cccc(C)c3)C(=O)c3ccccc32)cc1. The number of ether oxygens (including phenoxy) is 1. The molecule has 4 rings (SSSR count). The Bertz CT molecular complexity index is 1130. The van der Waals surface area contributed by atoms with Crippen LogP contribution in [-0.4, -0.2) is 18.4 Å². The van der Waals surface area contributed by atoms with Crippen molar-refractivity contribution in [1.29, 1.82) is 0 Å². The minimum atomic E-state index is -0.324. The summed E-state index contributed by atoms with van der Waals surface area (Å²) < 4.78 is 5.64. The van der Waals surface area contributed by atoms with E-state index in [9.17, 15) is 9.59 Å². The summed E-state index contributed by atoms with van der Waals surface area (Å²) in [7, 11) is 0. The standard InChI is InChI=1S/C26H23NO3/c1-3-15-30-21-13-11-19(12-14-21)17-24-22-9-4-5-10-23(22)25(28)27(26(24)29)20-8-6-7-18(2)16-20/h4-14,16-17H,3,15H2,1-2H3. The van der Waals surface area contributed by atoms with Crippen LogP contribution in [0.15, 0.2) is 72.8 Å². The van der Waals surface area contributed by atoms with E-state index < -0.39 is 0 Å². The van der Waals surface area contributed by atoms with Crippen molar-refractivity contribution in [3.8, 4) is 5.75 Å². The van der Waals surface area contributed by atoms with Crippen LogP contribution in [0.1, 0.15) is 40.4 Å². The van der Waals surface area contributed by atoms with Gasteiger partial charge >= 0.3 is 0 Å². The second-order valence-electron chi connectivity index (χ2n) is 7.31. The van der Waals surface area contributed by atoms with Crippen LogP contribution in [0.25, 0.3) is 11.6 Å². The first kappa shape index (κ1) is 19.6. The summed E-state index contributed by atoms with van der Waals surface area (Å²) in [5.74, 6) is 0.170. The molecule has 4 nitrogen and oxygen atoms in total. The molecule has 0 atom stereocenters. The predicted octanol–water partition coefficient (Wildman–Crippen LogP) is 5.51. The fourth-order valence-electron chi connectivity index (χ4n) is 3.54. The lowest BCUT2D eigenvalue weighted by atomic mass is 9.91. The molecule has 1 aliphatic rings. The van der Waals surface area contributed by atoms with Crippen LogP contribution in [0.5, 0.6) is 5.75 Å². The van der Waals surface area contributed by atoms with E-state index >= 15 is 0 Å². The minimum absolute atomic E-state index is 0.304. The molecule has 0 bridgehead atoms. The number of anilines is 1. The van der Waals surface area contributed by atoms with Gasteiger partial charge in [-0.05, 0) is 66.4 Å².